The highest BCUT2D eigenvalue weighted by atomic mass is 35.5. The van der Waals surface area contributed by atoms with Gasteiger partial charge in [-0.3, -0.25) is 4.90 Å². The van der Waals surface area contributed by atoms with Crippen LogP contribution in [0.2, 0.25) is 5.02 Å². The van der Waals surface area contributed by atoms with Crippen molar-refractivity contribution in [3.63, 3.8) is 0 Å². The number of hydrogen-bond donors (Lipinski definition) is 2. The fourth-order valence-corrected chi connectivity index (χ4v) is 3.62. The normalized spacial score (nSPS) is 19.0. The van der Waals surface area contributed by atoms with Crippen molar-refractivity contribution in [1.29, 1.82) is 0 Å². The Morgan fingerprint density at radius 3 is 2.44 bits per heavy atom. The van der Waals surface area contributed by atoms with E-state index in [1.807, 2.05) is 36.1 Å². The van der Waals surface area contributed by atoms with Crippen LogP contribution in [-0.4, -0.2) is 54.5 Å². The van der Waals surface area contributed by atoms with Crippen molar-refractivity contribution in [2.75, 3.05) is 26.2 Å². The molecule has 0 spiro atoms. The Hall–Kier alpha value is -1.92. The fraction of sp³-hybridized carbons (Fsp3) is 0.381. The third kappa shape index (κ3) is 5.08. The van der Waals surface area contributed by atoms with Crippen LogP contribution < -0.4 is 5.32 Å². The Balaban J connectivity index is 1.72. The molecule has 1 saturated heterocycles. The second-order valence-corrected chi connectivity index (χ2v) is 7.09. The third-order valence-corrected chi connectivity index (χ3v) is 5.09. The zero-order valence-corrected chi connectivity index (χ0v) is 16.2. The highest BCUT2D eigenvalue weighted by molar-refractivity contribution is 6.30. The lowest BCUT2D eigenvalue weighted by molar-refractivity contribution is -0.168. The van der Waals surface area contributed by atoms with Crippen LogP contribution in [0.3, 0.4) is 0 Å². The van der Waals surface area contributed by atoms with Crippen LogP contribution in [0.4, 0.5) is 0 Å². The molecule has 6 heteroatoms. The molecule has 1 fully saturated rings. The number of carbonyl (C=O) groups is 1. The van der Waals surface area contributed by atoms with E-state index in [4.69, 9.17) is 16.3 Å². The standard InChI is InChI=1S/C21H25ClN2O3/c1-2-27-20(21(25)26)24-12-11-23-14-19(24)13-15-3-5-16(6-4-15)17-7-9-18(22)10-8-17/h3-10,19-20,23H,2,11-14H2,1H3,(H,25,26). The lowest BCUT2D eigenvalue weighted by Gasteiger charge is -2.39. The van der Waals surface area contributed by atoms with E-state index in [9.17, 15) is 9.90 Å². The van der Waals surface area contributed by atoms with Gasteiger partial charge in [0.15, 0.2) is 0 Å². The molecule has 1 aliphatic rings. The van der Waals surface area contributed by atoms with Gasteiger partial charge in [-0.25, -0.2) is 4.79 Å². The molecule has 2 aromatic rings. The average molecular weight is 389 g/mol. The van der Waals surface area contributed by atoms with Gasteiger partial charge in [0.2, 0.25) is 6.23 Å². The molecule has 0 radical (unpaired) electrons. The lowest BCUT2D eigenvalue weighted by Crippen LogP contribution is -2.58. The van der Waals surface area contributed by atoms with Gasteiger partial charge < -0.3 is 15.2 Å². The second kappa shape index (κ2) is 9.33. The Kier molecular flexibility index (Phi) is 6.85. The lowest BCUT2D eigenvalue weighted by atomic mass is 9.99. The van der Waals surface area contributed by atoms with Gasteiger partial charge in [0.1, 0.15) is 0 Å². The maximum Gasteiger partial charge on any atom is 0.348 e. The molecule has 1 aliphatic heterocycles. The Labute approximate surface area is 164 Å². The molecule has 5 nitrogen and oxygen atoms in total. The number of benzene rings is 2. The van der Waals surface area contributed by atoms with E-state index in [0.717, 1.165) is 35.7 Å². The molecule has 1 heterocycles. The van der Waals surface area contributed by atoms with Gasteiger partial charge in [-0.1, -0.05) is 48.0 Å². The van der Waals surface area contributed by atoms with Crippen molar-refractivity contribution in [2.24, 2.45) is 0 Å². The number of ether oxygens (including phenoxy) is 1. The summed E-state index contributed by atoms with van der Waals surface area (Å²) < 4.78 is 5.49. The van der Waals surface area contributed by atoms with E-state index in [1.165, 1.54) is 5.56 Å². The summed E-state index contributed by atoms with van der Waals surface area (Å²) >= 11 is 5.95. The first-order valence-electron chi connectivity index (χ1n) is 9.24. The van der Waals surface area contributed by atoms with Crippen LogP contribution in [-0.2, 0) is 16.0 Å². The predicted molar refractivity (Wildman–Crippen MR) is 107 cm³/mol. The van der Waals surface area contributed by atoms with Crippen molar-refractivity contribution >= 4 is 17.6 Å². The highest BCUT2D eigenvalue weighted by Gasteiger charge is 2.33. The van der Waals surface area contributed by atoms with Crippen LogP contribution in [0.15, 0.2) is 48.5 Å². The van der Waals surface area contributed by atoms with E-state index < -0.39 is 12.2 Å². The summed E-state index contributed by atoms with van der Waals surface area (Å²) in [6.07, 6.45) is -0.125. The quantitative estimate of drug-likeness (QED) is 0.762. The molecule has 3 rings (SSSR count). The van der Waals surface area contributed by atoms with Gasteiger partial charge >= 0.3 is 5.97 Å². The molecule has 0 bridgehead atoms. The zero-order chi connectivity index (χ0) is 19.2. The number of carboxylic acids is 1. The summed E-state index contributed by atoms with van der Waals surface area (Å²) in [7, 11) is 0. The first kappa shape index (κ1) is 19.8. The van der Waals surface area contributed by atoms with Gasteiger partial charge in [0.25, 0.3) is 0 Å². The first-order valence-corrected chi connectivity index (χ1v) is 9.62. The van der Waals surface area contributed by atoms with Gasteiger partial charge in [0.05, 0.1) is 0 Å². The summed E-state index contributed by atoms with van der Waals surface area (Å²) in [6.45, 7) is 4.37. The van der Waals surface area contributed by atoms with Crippen molar-refractivity contribution in [3.8, 4) is 11.1 Å². The average Bonchev–Trinajstić information content (AvgIpc) is 2.68. The van der Waals surface area contributed by atoms with Crippen LogP contribution in [0.1, 0.15) is 12.5 Å². The van der Waals surface area contributed by atoms with E-state index in [-0.39, 0.29) is 6.04 Å². The van der Waals surface area contributed by atoms with Crippen LogP contribution >= 0.6 is 11.6 Å². The first-order chi connectivity index (χ1) is 13.1. The highest BCUT2D eigenvalue weighted by Crippen LogP contribution is 2.23. The number of nitrogens with zero attached hydrogens (tertiary/aromatic N) is 1. The molecular formula is C21H25ClN2O3. The van der Waals surface area contributed by atoms with E-state index in [1.54, 1.807) is 0 Å². The maximum absolute atomic E-state index is 11.6. The SMILES string of the molecule is CCOC(C(=O)O)N1CCNCC1Cc1ccc(-c2ccc(Cl)cc2)cc1. The summed E-state index contributed by atoms with van der Waals surface area (Å²) in [5.41, 5.74) is 3.42. The van der Waals surface area contributed by atoms with Crippen LogP contribution in [0, 0.1) is 0 Å². The van der Waals surface area contributed by atoms with E-state index in [2.05, 4.69) is 29.6 Å². The van der Waals surface area contributed by atoms with Crippen molar-refractivity contribution in [1.82, 2.24) is 10.2 Å². The van der Waals surface area contributed by atoms with Crippen molar-refractivity contribution in [3.05, 3.63) is 59.1 Å². The summed E-state index contributed by atoms with van der Waals surface area (Å²) in [4.78, 5) is 13.6. The smallest absolute Gasteiger partial charge is 0.348 e. The van der Waals surface area contributed by atoms with Crippen LogP contribution in [0.25, 0.3) is 11.1 Å². The molecule has 0 aliphatic carbocycles. The summed E-state index contributed by atoms with van der Waals surface area (Å²) in [5, 5.41) is 13.6. The number of halogens is 1. The van der Waals surface area contributed by atoms with Gasteiger partial charge in [-0.2, -0.15) is 0 Å². The summed E-state index contributed by atoms with van der Waals surface area (Å²) in [5.74, 6) is -0.929. The monoisotopic (exact) mass is 388 g/mol. The second-order valence-electron chi connectivity index (χ2n) is 6.65. The Morgan fingerprint density at radius 2 is 1.85 bits per heavy atom. The van der Waals surface area contributed by atoms with Crippen molar-refractivity contribution in [2.45, 2.75) is 25.6 Å². The number of aliphatic carboxylic acids is 1. The third-order valence-electron chi connectivity index (χ3n) is 4.84. The Morgan fingerprint density at radius 1 is 1.22 bits per heavy atom. The molecular weight excluding hydrogens is 364 g/mol. The minimum Gasteiger partial charge on any atom is -0.478 e. The minimum absolute atomic E-state index is 0.0766. The Bertz CT molecular complexity index is 749. The minimum atomic E-state index is -0.929. The molecule has 144 valence electrons. The molecule has 2 N–H and O–H groups in total. The van der Waals surface area contributed by atoms with Gasteiger partial charge in [-0.15, -0.1) is 0 Å². The number of rotatable bonds is 7. The molecule has 2 atom stereocenters. The zero-order valence-electron chi connectivity index (χ0n) is 15.4. The van der Waals surface area contributed by atoms with Crippen LogP contribution in [0.5, 0.6) is 0 Å². The van der Waals surface area contributed by atoms with Gasteiger partial charge in [0, 0.05) is 37.3 Å². The summed E-state index contributed by atoms with van der Waals surface area (Å²) in [6, 6.07) is 16.3. The molecule has 2 unspecified atom stereocenters. The number of piperazine rings is 1. The topological polar surface area (TPSA) is 61.8 Å². The molecule has 2 aromatic carbocycles. The van der Waals surface area contributed by atoms with Gasteiger partial charge in [-0.05, 0) is 42.2 Å². The van der Waals surface area contributed by atoms with Crippen molar-refractivity contribution < 1.29 is 14.6 Å². The maximum atomic E-state index is 11.6. The molecule has 0 aromatic heterocycles. The fourth-order valence-electron chi connectivity index (χ4n) is 3.49. The molecule has 27 heavy (non-hydrogen) atoms. The molecule has 0 amide bonds. The predicted octanol–water partition coefficient (Wildman–Crippen LogP) is 3.27. The number of carboxylic acid groups (broad SMARTS) is 1. The molecule has 0 saturated carbocycles. The van der Waals surface area contributed by atoms with E-state index >= 15 is 0 Å². The largest absolute Gasteiger partial charge is 0.478 e. The number of nitrogens with one attached hydrogen (secondary N) is 1. The number of hydrogen-bond acceptors (Lipinski definition) is 4. The van der Waals surface area contributed by atoms with E-state index in [0.29, 0.717) is 13.2 Å².